The number of benzene rings is 1. The molecule has 0 saturated heterocycles. The Kier molecular flexibility index (Phi) is 6.40. The molecule has 0 amide bonds. The number of nitrogens with zero attached hydrogens (tertiary/aromatic N) is 9. The van der Waals surface area contributed by atoms with Gasteiger partial charge in [0, 0.05) is 56.3 Å². The molecule has 1 aromatic carbocycles. The fourth-order valence-corrected chi connectivity index (χ4v) is 3.39. The molecule has 0 bridgehead atoms. The SMILES string of the molecule is BrCCc1cn(CCc2cn(CCc3cn(Cc4ccccc4)nn3)nn2)nn1. The minimum atomic E-state index is 0.718. The molecule has 0 N–H and O–H groups in total. The van der Waals surface area contributed by atoms with E-state index >= 15 is 0 Å². The number of aromatic nitrogens is 9. The maximum atomic E-state index is 4.26. The van der Waals surface area contributed by atoms with Crippen LogP contribution >= 0.6 is 15.9 Å². The predicted octanol–water partition coefficient (Wildman–Crippen LogP) is 1.93. The lowest BCUT2D eigenvalue weighted by molar-refractivity contribution is 0.580. The van der Waals surface area contributed by atoms with E-state index in [0.717, 1.165) is 61.3 Å². The molecule has 9 nitrogen and oxygen atoms in total. The summed E-state index contributed by atoms with van der Waals surface area (Å²) in [6.45, 7) is 2.18. The normalized spacial score (nSPS) is 11.2. The number of aryl methyl sites for hydroxylation is 5. The van der Waals surface area contributed by atoms with E-state index in [1.807, 2.05) is 50.8 Å². The molecule has 150 valence electrons. The smallest absolute Gasteiger partial charge is 0.0845 e. The van der Waals surface area contributed by atoms with E-state index in [-0.39, 0.29) is 0 Å². The van der Waals surface area contributed by atoms with Gasteiger partial charge in [-0.3, -0.25) is 9.36 Å². The second kappa shape index (κ2) is 9.55. The number of hydrogen-bond donors (Lipinski definition) is 0. The van der Waals surface area contributed by atoms with Crippen molar-refractivity contribution in [1.29, 1.82) is 0 Å². The lowest BCUT2D eigenvalue weighted by Gasteiger charge is -1.99. The van der Waals surface area contributed by atoms with Gasteiger partial charge in [0.05, 0.1) is 23.6 Å². The van der Waals surface area contributed by atoms with Crippen LogP contribution in [0.15, 0.2) is 48.9 Å². The maximum Gasteiger partial charge on any atom is 0.0845 e. The molecule has 0 aliphatic rings. The predicted molar refractivity (Wildman–Crippen MR) is 111 cm³/mol. The molecule has 4 rings (SSSR count). The molecule has 3 heterocycles. The van der Waals surface area contributed by atoms with E-state index in [0.29, 0.717) is 0 Å². The second-order valence-corrected chi connectivity index (χ2v) is 7.57. The molecule has 0 spiro atoms. The van der Waals surface area contributed by atoms with Crippen molar-refractivity contribution in [2.24, 2.45) is 0 Å². The van der Waals surface area contributed by atoms with Crippen molar-refractivity contribution in [3.05, 3.63) is 71.6 Å². The summed E-state index contributed by atoms with van der Waals surface area (Å²) in [5, 5.41) is 26.1. The minimum Gasteiger partial charge on any atom is -0.252 e. The summed E-state index contributed by atoms with van der Waals surface area (Å²) in [5.74, 6) is 0. The average Bonchev–Trinajstić information content (AvgIpc) is 3.47. The molecule has 0 fully saturated rings. The van der Waals surface area contributed by atoms with Gasteiger partial charge in [-0.15, -0.1) is 15.3 Å². The van der Waals surface area contributed by atoms with Crippen molar-refractivity contribution in [2.75, 3.05) is 5.33 Å². The highest BCUT2D eigenvalue weighted by atomic mass is 79.9. The monoisotopic (exact) mass is 455 g/mol. The Balaban J connectivity index is 1.25. The van der Waals surface area contributed by atoms with Crippen molar-refractivity contribution >= 4 is 15.9 Å². The summed E-state index contributed by atoms with van der Waals surface area (Å²) in [5.41, 5.74) is 4.08. The Hall–Kier alpha value is -2.88. The van der Waals surface area contributed by atoms with Gasteiger partial charge in [0.2, 0.25) is 0 Å². The maximum absolute atomic E-state index is 4.26. The van der Waals surface area contributed by atoms with E-state index < -0.39 is 0 Å². The molecule has 0 aliphatic heterocycles. The molecular formula is C19H22BrN9. The van der Waals surface area contributed by atoms with Gasteiger partial charge in [0.25, 0.3) is 0 Å². The molecule has 0 atom stereocenters. The minimum absolute atomic E-state index is 0.718. The average molecular weight is 456 g/mol. The molecule has 4 aromatic rings. The third-order valence-electron chi connectivity index (χ3n) is 4.49. The van der Waals surface area contributed by atoms with E-state index in [9.17, 15) is 0 Å². The first-order valence-electron chi connectivity index (χ1n) is 9.55. The molecular weight excluding hydrogens is 434 g/mol. The van der Waals surface area contributed by atoms with E-state index in [2.05, 4.69) is 59.0 Å². The topological polar surface area (TPSA) is 92.1 Å². The summed E-state index contributed by atoms with van der Waals surface area (Å²) in [6.07, 6.45) is 8.35. The highest BCUT2D eigenvalue weighted by Crippen LogP contribution is 2.04. The van der Waals surface area contributed by atoms with Gasteiger partial charge in [-0.05, 0) is 5.56 Å². The molecule has 0 aliphatic carbocycles. The van der Waals surface area contributed by atoms with Crippen LogP contribution in [0.1, 0.15) is 22.6 Å². The summed E-state index contributed by atoms with van der Waals surface area (Å²) >= 11 is 3.41. The van der Waals surface area contributed by atoms with Gasteiger partial charge in [0.1, 0.15) is 0 Å². The summed E-state index contributed by atoms with van der Waals surface area (Å²) in [4.78, 5) is 0. The van der Waals surface area contributed by atoms with Crippen LogP contribution in [0.25, 0.3) is 0 Å². The van der Waals surface area contributed by atoms with Crippen LogP contribution in [0.3, 0.4) is 0 Å². The first-order valence-corrected chi connectivity index (χ1v) is 10.7. The van der Waals surface area contributed by atoms with Gasteiger partial charge in [-0.1, -0.05) is 61.9 Å². The Labute approximate surface area is 176 Å². The lowest BCUT2D eigenvalue weighted by atomic mass is 10.2. The number of halogens is 1. The molecule has 10 heteroatoms. The van der Waals surface area contributed by atoms with Crippen molar-refractivity contribution < 1.29 is 0 Å². The van der Waals surface area contributed by atoms with Crippen LogP contribution in [0.5, 0.6) is 0 Å². The quantitative estimate of drug-likeness (QED) is 0.339. The van der Waals surface area contributed by atoms with Crippen LogP contribution in [0.4, 0.5) is 0 Å². The highest BCUT2D eigenvalue weighted by molar-refractivity contribution is 9.09. The number of hydrogen-bond acceptors (Lipinski definition) is 6. The van der Waals surface area contributed by atoms with Gasteiger partial charge in [-0.2, -0.15) is 0 Å². The first kappa shape index (κ1) is 19.4. The zero-order valence-electron chi connectivity index (χ0n) is 16.0. The van der Waals surface area contributed by atoms with Crippen LogP contribution in [-0.2, 0) is 38.9 Å². The fourth-order valence-electron chi connectivity index (χ4n) is 2.98. The summed E-state index contributed by atoms with van der Waals surface area (Å²) in [6, 6.07) is 10.2. The van der Waals surface area contributed by atoms with Crippen LogP contribution in [-0.4, -0.2) is 50.3 Å². The second-order valence-electron chi connectivity index (χ2n) is 6.78. The number of alkyl halides is 1. The van der Waals surface area contributed by atoms with Crippen LogP contribution < -0.4 is 0 Å². The van der Waals surface area contributed by atoms with Gasteiger partial charge >= 0.3 is 0 Å². The van der Waals surface area contributed by atoms with Crippen molar-refractivity contribution in [1.82, 2.24) is 45.0 Å². The Morgan fingerprint density at radius 2 is 1.17 bits per heavy atom. The Bertz CT molecular complexity index is 1020. The zero-order chi connectivity index (χ0) is 19.9. The zero-order valence-corrected chi connectivity index (χ0v) is 17.6. The van der Waals surface area contributed by atoms with Gasteiger partial charge < -0.3 is 0 Å². The van der Waals surface area contributed by atoms with Crippen molar-refractivity contribution in [3.63, 3.8) is 0 Å². The summed E-state index contributed by atoms with van der Waals surface area (Å²) < 4.78 is 5.56. The van der Waals surface area contributed by atoms with Gasteiger partial charge in [-0.25, -0.2) is 4.68 Å². The first-order chi connectivity index (χ1) is 14.3. The van der Waals surface area contributed by atoms with E-state index in [4.69, 9.17) is 0 Å². The molecule has 0 unspecified atom stereocenters. The Morgan fingerprint density at radius 1 is 0.655 bits per heavy atom. The molecule has 29 heavy (non-hydrogen) atoms. The van der Waals surface area contributed by atoms with E-state index in [1.165, 1.54) is 5.56 Å². The van der Waals surface area contributed by atoms with Gasteiger partial charge in [0.15, 0.2) is 0 Å². The highest BCUT2D eigenvalue weighted by Gasteiger charge is 2.06. The molecule has 3 aromatic heterocycles. The van der Waals surface area contributed by atoms with Crippen molar-refractivity contribution in [3.8, 4) is 0 Å². The third kappa shape index (κ3) is 5.57. The lowest BCUT2D eigenvalue weighted by Crippen LogP contribution is -2.03. The molecule has 0 saturated carbocycles. The number of rotatable bonds is 10. The fraction of sp³-hybridized carbons (Fsp3) is 0.368. The summed E-state index contributed by atoms with van der Waals surface area (Å²) in [7, 11) is 0. The third-order valence-corrected chi connectivity index (χ3v) is 4.89. The van der Waals surface area contributed by atoms with Crippen LogP contribution in [0.2, 0.25) is 0 Å². The largest absolute Gasteiger partial charge is 0.252 e. The standard InChI is InChI=1S/C19H22BrN9/c20-9-6-17-13-27(24-21-17)10-7-18-14-28(25-22-18)11-8-19-15-29(26-23-19)12-16-4-2-1-3-5-16/h1-5,13-15H,6-12H2. The Morgan fingerprint density at radius 3 is 1.76 bits per heavy atom. The molecule has 0 radical (unpaired) electrons. The van der Waals surface area contributed by atoms with Crippen molar-refractivity contribution in [2.45, 2.75) is 38.9 Å². The van der Waals surface area contributed by atoms with Crippen LogP contribution in [0, 0.1) is 0 Å². The van der Waals surface area contributed by atoms with E-state index in [1.54, 1.807) is 0 Å².